The smallest absolute Gasteiger partial charge is 0.341 e. The number of pyridine rings is 1. The van der Waals surface area contributed by atoms with Crippen molar-refractivity contribution < 1.29 is 19.0 Å². The van der Waals surface area contributed by atoms with E-state index in [1.807, 2.05) is 11.9 Å². The standard InChI is InChI=1S/C21H25FN4O4/c1-24-21-5-10(6-21)7-25(9-21)17-14(22)15(23)13-16(19(17)30-2)26(11-3-4-11)8-12(18(13)27)20(28)29/h8,10-11,24H,3-7,9,23H2,1-2H3,(H,28,29). The predicted octanol–water partition coefficient (Wildman–Crippen LogP) is 1.95. The van der Waals surface area contributed by atoms with E-state index in [2.05, 4.69) is 5.32 Å². The van der Waals surface area contributed by atoms with Crippen molar-refractivity contribution in [1.29, 1.82) is 0 Å². The number of nitrogens with zero attached hydrogens (tertiary/aromatic N) is 2. The lowest BCUT2D eigenvalue weighted by molar-refractivity contribution is 0.0694. The van der Waals surface area contributed by atoms with Gasteiger partial charge in [-0.3, -0.25) is 4.79 Å². The summed E-state index contributed by atoms with van der Waals surface area (Å²) in [6, 6.07) is 0.0382. The summed E-state index contributed by atoms with van der Waals surface area (Å²) >= 11 is 0. The van der Waals surface area contributed by atoms with Crippen LogP contribution in [0.1, 0.15) is 42.1 Å². The van der Waals surface area contributed by atoms with Crippen LogP contribution in [0.5, 0.6) is 5.75 Å². The monoisotopic (exact) mass is 416 g/mol. The van der Waals surface area contributed by atoms with Gasteiger partial charge in [-0.15, -0.1) is 0 Å². The number of carboxylic acid groups (broad SMARTS) is 1. The number of likely N-dealkylation sites (N-methyl/N-ethyl adjacent to an activating group) is 1. The minimum absolute atomic E-state index is 0.0382. The van der Waals surface area contributed by atoms with Crippen LogP contribution >= 0.6 is 0 Å². The molecule has 2 aliphatic heterocycles. The first-order chi connectivity index (χ1) is 14.3. The van der Waals surface area contributed by atoms with Gasteiger partial charge in [0.1, 0.15) is 11.3 Å². The Morgan fingerprint density at radius 1 is 1.40 bits per heavy atom. The van der Waals surface area contributed by atoms with Crippen molar-refractivity contribution in [2.75, 3.05) is 37.9 Å². The highest BCUT2D eigenvalue weighted by Gasteiger charge is 2.50. The van der Waals surface area contributed by atoms with Crippen molar-refractivity contribution in [3.05, 3.63) is 27.8 Å². The quantitative estimate of drug-likeness (QED) is 0.639. The molecule has 0 unspecified atom stereocenters. The average molecular weight is 416 g/mol. The van der Waals surface area contributed by atoms with E-state index in [0.29, 0.717) is 24.5 Å². The number of hydrogen-bond donors (Lipinski definition) is 3. The number of benzene rings is 1. The van der Waals surface area contributed by atoms with Gasteiger partial charge in [0.05, 0.1) is 23.7 Å². The molecule has 160 valence electrons. The third-order valence-electron chi connectivity index (χ3n) is 6.93. The van der Waals surface area contributed by atoms with Gasteiger partial charge < -0.3 is 30.4 Å². The number of ether oxygens (including phenoxy) is 1. The Balaban J connectivity index is 1.81. The molecule has 9 heteroatoms. The fourth-order valence-corrected chi connectivity index (χ4v) is 5.33. The molecule has 3 heterocycles. The van der Waals surface area contributed by atoms with Gasteiger partial charge in [-0.25, -0.2) is 9.18 Å². The molecule has 0 atom stereocenters. The fourth-order valence-electron chi connectivity index (χ4n) is 5.33. The number of anilines is 2. The zero-order valence-electron chi connectivity index (χ0n) is 17.0. The van der Waals surface area contributed by atoms with Crippen LogP contribution in [-0.4, -0.2) is 48.4 Å². The second kappa shape index (κ2) is 6.34. The molecule has 6 rings (SSSR count). The lowest BCUT2D eigenvalue weighted by atomic mass is 9.64. The van der Waals surface area contributed by atoms with Crippen molar-refractivity contribution in [2.24, 2.45) is 5.92 Å². The van der Waals surface area contributed by atoms with Crippen LogP contribution in [0.15, 0.2) is 11.0 Å². The normalized spacial score (nSPS) is 25.3. The first-order valence-electron chi connectivity index (χ1n) is 10.2. The number of rotatable bonds is 5. The van der Waals surface area contributed by atoms with Crippen LogP contribution in [-0.2, 0) is 0 Å². The molecule has 8 nitrogen and oxygen atoms in total. The fraction of sp³-hybridized carbons (Fsp3) is 0.524. The van der Waals surface area contributed by atoms with Crippen LogP contribution in [0.2, 0.25) is 0 Å². The topological polar surface area (TPSA) is 110 Å². The Hall–Kier alpha value is -2.81. The maximum Gasteiger partial charge on any atom is 0.341 e. The second-order valence-corrected chi connectivity index (χ2v) is 8.83. The first kappa shape index (κ1) is 19.2. The Morgan fingerprint density at radius 2 is 2.10 bits per heavy atom. The molecule has 0 spiro atoms. The molecule has 0 radical (unpaired) electrons. The highest BCUT2D eigenvalue weighted by atomic mass is 19.1. The first-order valence-corrected chi connectivity index (χ1v) is 10.2. The Bertz CT molecular complexity index is 1130. The molecule has 2 saturated carbocycles. The summed E-state index contributed by atoms with van der Waals surface area (Å²) in [5.41, 5.74) is 5.19. The van der Waals surface area contributed by atoms with E-state index < -0.39 is 22.8 Å². The SMILES string of the molecule is CNC12CC(CN(c3c(F)c(N)c4c(=O)c(C(=O)O)cn(C5CC5)c4c3OC)C1)C2. The number of aromatic carboxylic acids is 1. The number of halogens is 1. The van der Waals surface area contributed by atoms with Crippen LogP contribution < -0.4 is 26.1 Å². The van der Waals surface area contributed by atoms with Gasteiger partial charge in [-0.05, 0) is 38.6 Å². The van der Waals surface area contributed by atoms with Crippen LogP contribution in [0.25, 0.3) is 10.9 Å². The zero-order chi connectivity index (χ0) is 21.4. The summed E-state index contributed by atoms with van der Waals surface area (Å²) < 4.78 is 23.0. The van der Waals surface area contributed by atoms with Crippen molar-refractivity contribution in [2.45, 2.75) is 37.3 Å². The van der Waals surface area contributed by atoms with E-state index in [1.165, 1.54) is 13.3 Å². The van der Waals surface area contributed by atoms with E-state index in [0.717, 1.165) is 25.7 Å². The number of nitrogens with one attached hydrogen (secondary N) is 1. The summed E-state index contributed by atoms with van der Waals surface area (Å²) in [4.78, 5) is 26.5. The molecule has 1 aromatic heterocycles. The Labute approximate surface area is 172 Å². The molecular formula is C21H25FN4O4. The summed E-state index contributed by atoms with van der Waals surface area (Å²) in [6.45, 7) is 1.29. The second-order valence-electron chi connectivity index (χ2n) is 8.83. The van der Waals surface area contributed by atoms with E-state index in [-0.39, 0.29) is 34.1 Å². The van der Waals surface area contributed by atoms with Gasteiger partial charge in [0.25, 0.3) is 0 Å². The molecule has 2 saturated heterocycles. The molecule has 1 aromatic carbocycles. The van der Waals surface area contributed by atoms with Crippen molar-refractivity contribution >= 4 is 28.2 Å². The number of hydrogen-bond acceptors (Lipinski definition) is 6. The Morgan fingerprint density at radius 3 is 2.67 bits per heavy atom. The summed E-state index contributed by atoms with van der Waals surface area (Å²) in [5.74, 6) is -1.39. The van der Waals surface area contributed by atoms with Crippen LogP contribution in [0.4, 0.5) is 15.8 Å². The zero-order valence-corrected chi connectivity index (χ0v) is 17.0. The minimum Gasteiger partial charge on any atom is -0.492 e. The largest absolute Gasteiger partial charge is 0.492 e. The number of nitrogens with two attached hydrogens (primary N) is 1. The third-order valence-corrected chi connectivity index (χ3v) is 6.93. The predicted molar refractivity (Wildman–Crippen MR) is 111 cm³/mol. The van der Waals surface area contributed by atoms with Crippen molar-refractivity contribution in [3.8, 4) is 5.75 Å². The van der Waals surface area contributed by atoms with Gasteiger partial charge in [0.2, 0.25) is 5.43 Å². The van der Waals surface area contributed by atoms with E-state index in [1.54, 1.807) is 4.57 Å². The molecular weight excluding hydrogens is 391 g/mol. The lowest BCUT2D eigenvalue weighted by Gasteiger charge is -2.57. The van der Waals surface area contributed by atoms with E-state index in [9.17, 15) is 14.7 Å². The van der Waals surface area contributed by atoms with Crippen LogP contribution in [0.3, 0.4) is 0 Å². The van der Waals surface area contributed by atoms with Crippen molar-refractivity contribution in [3.63, 3.8) is 0 Å². The van der Waals surface area contributed by atoms with E-state index >= 15 is 4.39 Å². The summed E-state index contributed by atoms with van der Waals surface area (Å²) in [6.07, 6.45) is 5.13. The van der Waals surface area contributed by atoms with Crippen molar-refractivity contribution in [1.82, 2.24) is 9.88 Å². The molecule has 30 heavy (non-hydrogen) atoms. The number of carbonyl (C=O) groups is 1. The number of aromatic nitrogens is 1. The van der Waals surface area contributed by atoms with Gasteiger partial charge >= 0.3 is 5.97 Å². The maximum absolute atomic E-state index is 15.6. The van der Waals surface area contributed by atoms with E-state index in [4.69, 9.17) is 10.5 Å². The number of methoxy groups -OCH3 is 1. The minimum atomic E-state index is -1.36. The molecule has 4 fully saturated rings. The van der Waals surface area contributed by atoms with Gasteiger partial charge in [-0.1, -0.05) is 0 Å². The maximum atomic E-state index is 15.6. The number of fused-ring (bicyclic) bond motifs is 3. The highest BCUT2D eigenvalue weighted by Crippen LogP contribution is 2.50. The highest BCUT2D eigenvalue weighted by molar-refractivity contribution is 6.03. The Kier molecular flexibility index (Phi) is 4.05. The van der Waals surface area contributed by atoms with Gasteiger partial charge in [-0.2, -0.15) is 0 Å². The number of carboxylic acids is 1. The molecule has 2 aliphatic carbocycles. The number of piperidine rings is 2. The van der Waals surface area contributed by atoms with Gasteiger partial charge in [0.15, 0.2) is 11.6 Å². The molecule has 4 N–H and O–H groups in total. The lowest BCUT2D eigenvalue weighted by Crippen LogP contribution is -2.67. The molecule has 2 aromatic rings. The molecule has 0 amide bonds. The summed E-state index contributed by atoms with van der Waals surface area (Å²) in [5, 5.41) is 12.7. The number of nitrogen functional groups attached to an aromatic ring is 1. The van der Waals surface area contributed by atoms with Gasteiger partial charge in [0, 0.05) is 30.9 Å². The third kappa shape index (κ3) is 2.54. The molecule has 4 aliphatic rings. The summed E-state index contributed by atoms with van der Waals surface area (Å²) in [7, 11) is 3.36. The molecule has 2 bridgehead atoms. The average Bonchev–Trinajstić information content (AvgIpc) is 3.54. The van der Waals surface area contributed by atoms with Crippen LogP contribution in [0, 0.1) is 11.7 Å².